The van der Waals surface area contributed by atoms with E-state index >= 15 is 0 Å². The Kier molecular flexibility index (Phi) is 5.10. The molecule has 0 unspecified atom stereocenters. The molecule has 0 radical (unpaired) electrons. The Bertz CT molecular complexity index is 440. The van der Waals surface area contributed by atoms with Gasteiger partial charge >= 0.3 is 5.97 Å². The number of ketones is 1. The molecule has 0 heterocycles. The van der Waals surface area contributed by atoms with Gasteiger partial charge in [0.25, 0.3) is 0 Å². The Labute approximate surface area is 114 Å². The van der Waals surface area contributed by atoms with Crippen molar-refractivity contribution >= 4 is 17.4 Å². The molecule has 4 nitrogen and oxygen atoms in total. The van der Waals surface area contributed by atoms with Crippen LogP contribution in [0.15, 0.2) is 30.3 Å². The second-order valence-corrected chi connectivity index (χ2v) is 4.89. The van der Waals surface area contributed by atoms with Gasteiger partial charge in [-0.2, -0.15) is 0 Å². The normalized spacial score (nSPS) is 10.9. The molecule has 0 fully saturated rings. The molecule has 0 amide bonds. The lowest BCUT2D eigenvalue weighted by molar-refractivity contribution is -0.155. The number of benzene rings is 1. The minimum absolute atomic E-state index is 0.148. The molecule has 0 aliphatic rings. The molecule has 1 aromatic rings. The average molecular weight is 263 g/mol. The first kappa shape index (κ1) is 15.2. The summed E-state index contributed by atoms with van der Waals surface area (Å²) in [5.74, 6) is -0.647. The predicted octanol–water partition coefficient (Wildman–Crippen LogP) is 2.28. The molecule has 0 bridgehead atoms. The quantitative estimate of drug-likeness (QED) is 0.583. The largest absolute Gasteiger partial charge is 0.468 e. The van der Waals surface area contributed by atoms with E-state index in [4.69, 9.17) is 0 Å². The van der Waals surface area contributed by atoms with Crippen LogP contribution in [0.2, 0.25) is 0 Å². The monoisotopic (exact) mass is 263 g/mol. The van der Waals surface area contributed by atoms with Crippen LogP contribution in [-0.2, 0) is 14.3 Å². The van der Waals surface area contributed by atoms with Gasteiger partial charge in [-0.25, -0.2) is 0 Å². The van der Waals surface area contributed by atoms with Crippen LogP contribution in [0.1, 0.15) is 20.8 Å². The van der Waals surface area contributed by atoms with Crippen molar-refractivity contribution in [2.75, 3.05) is 25.1 Å². The molecule has 1 rings (SSSR count). The molecule has 0 N–H and O–H groups in total. The first-order chi connectivity index (χ1) is 8.93. The maximum atomic E-state index is 12.3. The van der Waals surface area contributed by atoms with Crippen molar-refractivity contribution in [1.29, 1.82) is 0 Å². The van der Waals surface area contributed by atoms with Gasteiger partial charge < -0.3 is 9.64 Å². The lowest BCUT2D eigenvalue weighted by Gasteiger charge is -2.27. The van der Waals surface area contributed by atoms with Crippen LogP contribution >= 0.6 is 0 Å². The fourth-order valence-corrected chi connectivity index (χ4v) is 1.76. The average Bonchev–Trinajstić information content (AvgIpc) is 2.44. The van der Waals surface area contributed by atoms with Gasteiger partial charge in [0.15, 0.2) is 5.78 Å². The van der Waals surface area contributed by atoms with Crippen molar-refractivity contribution in [3.05, 3.63) is 30.3 Å². The minimum Gasteiger partial charge on any atom is -0.468 e. The molecule has 0 spiro atoms. The topological polar surface area (TPSA) is 46.6 Å². The van der Waals surface area contributed by atoms with Gasteiger partial charge in [-0.05, 0) is 32.9 Å². The van der Waals surface area contributed by atoms with E-state index < -0.39 is 11.4 Å². The summed E-state index contributed by atoms with van der Waals surface area (Å²) in [4.78, 5) is 25.8. The first-order valence-corrected chi connectivity index (χ1v) is 6.35. The van der Waals surface area contributed by atoms with Crippen LogP contribution < -0.4 is 4.90 Å². The summed E-state index contributed by atoms with van der Waals surface area (Å²) in [5.41, 5.74) is -0.143. The smallest absolute Gasteiger partial charge is 0.318 e. The third-order valence-corrected chi connectivity index (χ3v) is 3.23. The Morgan fingerprint density at radius 1 is 1.21 bits per heavy atom. The van der Waals surface area contributed by atoms with Crippen molar-refractivity contribution in [1.82, 2.24) is 0 Å². The molecule has 1 aromatic carbocycles. The summed E-state index contributed by atoms with van der Waals surface area (Å²) in [5, 5.41) is 0. The second kappa shape index (κ2) is 6.36. The number of ether oxygens (including phenoxy) is 1. The standard InChI is InChI=1S/C15H21NO3/c1-5-16(12-9-7-6-8-10-12)11-13(17)15(2,3)14(18)19-4/h6-10H,5,11H2,1-4H3. The molecule has 104 valence electrons. The van der Waals surface area contributed by atoms with E-state index in [1.54, 1.807) is 13.8 Å². The van der Waals surface area contributed by atoms with E-state index in [1.807, 2.05) is 42.2 Å². The van der Waals surface area contributed by atoms with Crippen molar-refractivity contribution in [3.8, 4) is 0 Å². The highest BCUT2D eigenvalue weighted by atomic mass is 16.5. The Balaban J connectivity index is 2.83. The maximum Gasteiger partial charge on any atom is 0.318 e. The summed E-state index contributed by atoms with van der Waals surface area (Å²) in [7, 11) is 1.30. The van der Waals surface area contributed by atoms with E-state index in [0.717, 1.165) is 5.69 Å². The van der Waals surface area contributed by atoms with Gasteiger partial charge in [-0.1, -0.05) is 18.2 Å². The van der Waals surface area contributed by atoms with E-state index in [0.29, 0.717) is 6.54 Å². The second-order valence-electron chi connectivity index (χ2n) is 4.89. The lowest BCUT2D eigenvalue weighted by Crippen LogP contribution is -2.42. The third kappa shape index (κ3) is 3.56. The number of hydrogen-bond acceptors (Lipinski definition) is 4. The highest BCUT2D eigenvalue weighted by Gasteiger charge is 2.37. The zero-order valence-corrected chi connectivity index (χ0v) is 12.0. The molecule has 0 aliphatic heterocycles. The number of hydrogen-bond donors (Lipinski definition) is 0. The van der Waals surface area contributed by atoms with E-state index in [9.17, 15) is 9.59 Å². The summed E-state index contributed by atoms with van der Waals surface area (Å²) in [6.45, 7) is 6.07. The molecule has 0 aliphatic carbocycles. The summed E-state index contributed by atoms with van der Waals surface area (Å²) >= 11 is 0. The molecular formula is C15H21NO3. The summed E-state index contributed by atoms with van der Waals surface area (Å²) in [6, 6.07) is 9.67. The van der Waals surface area contributed by atoms with Crippen molar-refractivity contribution < 1.29 is 14.3 Å². The van der Waals surface area contributed by atoms with Crippen LogP contribution in [0, 0.1) is 5.41 Å². The van der Waals surface area contributed by atoms with Gasteiger partial charge in [0, 0.05) is 12.2 Å². The van der Waals surface area contributed by atoms with E-state index in [-0.39, 0.29) is 12.3 Å². The third-order valence-electron chi connectivity index (χ3n) is 3.23. The van der Waals surface area contributed by atoms with Crippen molar-refractivity contribution in [2.45, 2.75) is 20.8 Å². The highest BCUT2D eigenvalue weighted by molar-refractivity contribution is 6.04. The van der Waals surface area contributed by atoms with Crippen molar-refractivity contribution in [2.24, 2.45) is 5.41 Å². The van der Waals surface area contributed by atoms with E-state index in [2.05, 4.69) is 4.74 Å². The Hall–Kier alpha value is -1.84. The van der Waals surface area contributed by atoms with Crippen LogP contribution in [0.4, 0.5) is 5.69 Å². The van der Waals surface area contributed by atoms with Crippen LogP contribution in [0.25, 0.3) is 0 Å². The van der Waals surface area contributed by atoms with Crippen LogP contribution in [0.3, 0.4) is 0 Å². The molecule has 0 atom stereocenters. The molecule has 0 saturated heterocycles. The Morgan fingerprint density at radius 3 is 2.26 bits per heavy atom. The van der Waals surface area contributed by atoms with Gasteiger partial charge in [-0.3, -0.25) is 9.59 Å². The predicted molar refractivity (Wildman–Crippen MR) is 75.1 cm³/mol. The summed E-state index contributed by atoms with van der Waals surface area (Å²) < 4.78 is 4.68. The van der Waals surface area contributed by atoms with Crippen LogP contribution in [-0.4, -0.2) is 32.0 Å². The van der Waals surface area contributed by atoms with Gasteiger partial charge in [-0.15, -0.1) is 0 Å². The number of carbonyl (C=O) groups is 2. The van der Waals surface area contributed by atoms with Crippen LogP contribution in [0.5, 0.6) is 0 Å². The highest BCUT2D eigenvalue weighted by Crippen LogP contribution is 2.21. The lowest BCUT2D eigenvalue weighted by atomic mass is 9.88. The fourth-order valence-electron chi connectivity index (χ4n) is 1.76. The zero-order valence-electron chi connectivity index (χ0n) is 12.0. The molecule has 0 aromatic heterocycles. The number of likely N-dealkylation sites (N-methyl/N-ethyl adjacent to an activating group) is 1. The summed E-state index contributed by atoms with van der Waals surface area (Å²) in [6.07, 6.45) is 0. The van der Waals surface area contributed by atoms with Crippen molar-refractivity contribution in [3.63, 3.8) is 0 Å². The SMILES string of the molecule is CCN(CC(=O)C(C)(C)C(=O)OC)c1ccccc1. The number of Topliss-reactive ketones (excluding diaryl/α,β-unsaturated/α-hetero) is 1. The molecule has 19 heavy (non-hydrogen) atoms. The number of nitrogens with zero attached hydrogens (tertiary/aromatic N) is 1. The number of carbonyl (C=O) groups excluding carboxylic acids is 2. The number of para-hydroxylation sites is 1. The van der Waals surface area contributed by atoms with Gasteiger partial charge in [0.2, 0.25) is 0 Å². The molecular weight excluding hydrogens is 242 g/mol. The zero-order chi connectivity index (χ0) is 14.5. The number of anilines is 1. The molecule has 4 heteroatoms. The maximum absolute atomic E-state index is 12.3. The number of rotatable bonds is 6. The minimum atomic E-state index is -1.11. The molecule has 0 saturated carbocycles. The number of methoxy groups -OCH3 is 1. The fraction of sp³-hybridized carbons (Fsp3) is 0.467. The Morgan fingerprint density at radius 2 is 1.79 bits per heavy atom. The van der Waals surface area contributed by atoms with Gasteiger partial charge in [0.1, 0.15) is 5.41 Å². The van der Waals surface area contributed by atoms with Gasteiger partial charge in [0.05, 0.1) is 13.7 Å². The van der Waals surface area contributed by atoms with E-state index in [1.165, 1.54) is 7.11 Å². The number of esters is 1. The first-order valence-electron chi connectivity index (χ1n) is 6.35.